The molecule has 4 heteroatoms. The van der Waals surface area contributed by atoms with E-state index in [0.29, 0.717) is 0 Å². The first-order chi connectivity index (χ1) is 0. The molecule has 2 nitrogen and oxygen atoms in total. The fraction of sp³-hybridized carbons (Fsp3) is 0. The Kier molecular flexibility index (Phi) is 721. The van der Waals surface area contributed by atoms with Crippen molar-refractivity contribution >= 4 is 9.90 Å². The Labute approximate surface area is 42.9 Å². The Hall–Kier alpha value is 0.999. The van der Waals surface area contributed by atoms with Crippen LogP contribution in [-0.4, -0.2) is 0 Å². The van der Waals surface area contributed by atoms with E-state index < -0.39 is 0 Å². The minimum Gasteiger partial charge on any atom is -0.344 e. The van der Waals surface area contributed by atoms with Gasteiger partial charge in [-0.05, 0) is 0 Å². The van der Waals surface area contributed by atoms with Crippen LogP contribution in [0.3, 0.4) is 0 Å². The van der Waals surface area contributed by atoms with Gasteiger partial charge in [0.05, 0.1) is 0 Å². The van der Waals surface area contributed by atoms with Crippen molar-refractivity contribution in [1.82, 2.24) is 12.3 Å². The zero-order chi connectivity index (χ0) is 0. The van der Waals surface area contributed by atoms with Gasteiger partial charge in [-0.1, -0.05) is 0 Å². The van der Waals surface area contributed by atoms with Gasteiger partial charge < -0.3 is 12.3 Å². The molecule has 4 heavy (non-hydrogen) atoms. The smallest absolute Gasteiger partial charge is 0 e. The molecule has 0 bridgehead atoms. The third kappa shape index (κ3) is 12.0. The van der Waals surface area contributed by atoms with Crippen LogP contribution < -0.4 is 12.3 Å². The van der Waals surface area contributed by atoms with Crippen molar-refractivity contribution in [2.45, 2.75) is 0 Å². The molecular formula is H9IrN2P. The molecule has 0 aromatic carbocycles. The predicted octanol–water partition coefficient (Wildman–Crippen LogP) is 0.380. The van der Waals surface area contributed by atoms with Gasteiger partial charge in [0.2, 0.25) is 0 Å². The fourth-order valence-electron chi connectivity index (χ4n) is 0. The molecule has 0 saturated heterocycles. The minimum absolute atomic E-state index is 0. The molecule has 0 aliphatic heterocycles. The third-order valence-electron chi connectivity index (χ3n) is 0. The molecule has 1 radical (unpaired) electrons. The molecule has 0 fully saturated rings. The van der Waals surface area contributed by atoms with Gasteiger partial charge in [0.1, 0.15) is 0 Å². The van der Waals surface area contributed by atoms with E-state index in [4.69, 9.17) is 0 Å². The second-order valence-corrected chi connectivity index (χ2v) is 0. The van der Waals surface area contributed by atoms with Gasteiger partial charge in [0.25, 0.3) is 0 Å². The quantitative estimate of drug-likeness (QED) is 0.618. The summed E-state index contributed by atoms with van der Waals surface area (Å²) < 4.78 is 0. The molecule has 0 spiro atoms. The van der Waals surface area contributed by atoms with Crippen molar-refractivity contribution in [3.05, 3.63) is 0 Å². The van der Waals surface area contributed by atoms with Crippen molar-refractivity contribution in [2.24, 2.45) is 0 Å². The summed E-state index contributed by atoms with van der Waals surface area (Å²) >= 11 is 0. The van der Waals surface area contributed by atoms with Crippen LogP contribution in [0.5, 0.6) is 0 Å². The molecule has 0 aliphatic rings. The predicted molar refractivity (Wildman–Crippen MR) is 21.1 cm³/mol. The molecule has 1 unspecified atom stereocenters. The molecule has 0 amide bonds. The van der Waals surface area contributed by atoms with Crippen LogP contribution in [0.1, 0.15) is 0 Å². The van der Waals surface area contributed by atoms with Gasteiger partial charge in [-0.25, -0.2) is 0 Å². The Morgan fingerprint density at radius 1 is 0.750 bits per heavy atom. The monoisotopic (exact) mass is 261 g/mol. The van der Waals surface area contributed by atoms with Gasteiger partial charge in [-0.2, -0.15) is 9.90 Å². The number of hydrogen-bond donors (Lipinski definition) is 2. The van der Waals surface area contributed by atoms with Gasteiger partial charge in [-0.3, -0.25) is 0 Å². The zero-order valence-electron chi connectivity index (χ0n) is 2.45. The van der Waals surface area contributed by atoms with Crippen LogP contribution in [0.4, 0.5) is 0 Å². The topological polar surface area (TPSA) is 70.0 Å². The normalized spacial score (nSPS) is 0. The average Bonchev–Trinajstić information content (AvgIpc) is 0. The first kappa shape index (κ1) is 80.1. The van der Waals surface area contributed by atoms with Crippen LogP contribution in [0.25, 0.3) is 0 Å². The Morgan fingerprint density at radius 3 is 0.750 bits per heavy atom. The maximum absolute atomic E-state index is 0. The summed E-state index contributed by atoms with van der Waals surface area (Å²) in [5.41, 5.74) is 0. The van der Waals surface area contributed by atoms with Crippen LogP contribution in [0.15, 0.2) is 0 Å². The van der Waals surface area contributed by atoms with Crippen molar-refractivity contribution in [2.75, 3.05) is 0 Å². The second-order valence-electron chi connectivity index (χ2n) is 0. The summed E-state index contributed by atoms with van der Waals surface area (Å²) in [6.45, 7) is 0. The van der Waals surface area contributed by atoms with E-state index in [-0.39, 0.29) is 42.3 Å². The van der Waals surface area contributed by atoms with E-state index in [2.05, 4.69) is 0 Å². The summed E-state index contributed by atoms with van der Waals surface area (Å²) in [5.74, 6) is 0. The Balaban J connectivity index is 0. The molecule has 0 aromatic rings. The molecule has 6 N–H and O–H groups in total. The van der Waals surface area contributed by atoms with E-state index in [1.54, 1.807) is 0 Å². The maximum Gasteiger partial charge on any atom is 0 e. The third-order valence-corrected chi connectivity index (χ3v) is 0. The summed E-state index contributed by atoms with van der Waals surface area (Å²) in [6.07, 6.45) is 0. The summed E-state index contributed by atoms with van der Waals surface area (Å²) in [6, 6.07) is 0. The SMILES string of the molecule is N.N.P.[Ir]. The van der Waals surface area contributed by atoms with E-state index in [9.17, 15) is 0 Å². The van der Waals surface area contributed by atoms with E-state index in [0.717, 1.165) is 0 Å². The first-order valence-electron chi connectivity index (χ1n) is 0. The van der Waals surface area contributed by atoms with Gasteiger partial charge in [-0.15, -0.1) is 0 Å². The van der Waals surface area contributed by atoms with Crippen molar-refractivity contribution in [3.63, 3.8) is 0 Å². The minimum atomic E-state index is 0. The van der Waals surface area contributed by atoms with Crippen LogP contribution in [0, 0.1) is 0 Å². The average molecular weight is 260 g/mol. The Bertz CT molecular complexity index is 6.00. The van der Waals surface area contributed by atoms with Crippen molar-refractivity contribution < 1.29 is 20.1 Å². The molecule has 0 aliphatic carbocycles. The molecular weight excluding hydrogens is 251 g/mol. The van der Waals surface area contributed by atoms with Gasteiger partial charge in [0, 0.05) is 20.1 Å². The second kappa shape index (κ2) is 36.0. The van der Waals surface area contributed by atoms with E-state index in [1.807, 2.05) is 0 Å². The molecule has 0 saturated carbocycles. The molecule has 0 heterocycles. The van der Waals surface area contributed by atoms with Crippen LogP contribution in [-0.2, 0) is 20.1 Å². The summed E-state index contributed by atoms with van der Waals surface area (Å²) in [7, 11) is 0. The van der Waals surface area contributed by atoms with E-state index >= 15 is 0 Å². The van der Waals surface area contributed by atoms with Crippen LogP contribution >= 0.6 is 9.90 Å². The number of hydrogen-bond acceptors (Lipinski definition) is 2. The summed E-state index contributed by atoms with van der Waals surface area (Å²) in [4.78, 5) is 0. The van der Waals surface area contributed by atoms with Crippen molar-refractivity contribution in [1.29, 1.82) is 0 Å². The summed E-state index contributed by atoms with van der Waals surface area (Å²) in [5, 5.41) is 0. The Morgan fingerprint density at radius 2 is 0.750 bits per heavy atom. The molecule has 0 rings (SSSR count). The van der Waals surface area contributed by atoms with Crippen molar-refractivity contribution in [3.8, 4) is 0 Å². The fourth-order valence-corrected chi connectivity index (χ4v) is 0. The standard InChI is InChI=1S/Ir.2H3N.H3P/h;3*1H3. The van der Waals surface area contributed by atoms with Gasteiger partial charge in [0.15, 0.2) is 0 Å². The van der Waals surface area contributed by atoms with Crippen LogP contribution in [0.2, 0.25) is 0 Å². The number of rotatable bonds is 0. The molecule has 33 valence electrons. The zero-order valence-corrected chi connectivity index (χ0v) is 6.26. The molecule has 1 atom stereocenters. The maximum atomic E-state index is 0. The van der Waals surface area contributed by atoms with E-state index in [1.165, 1.54) is 0 Å². The first-order valence-corrected chi connectivity index (χ1v) is 0. The van der Waals surface area contributed by atoms with Gasteiger partial charge >= 0.3 is 0 Å². The molecule has 0 aromatic heterocycles. The largest absolute Gasteiger partial charge is 0.344 e.